The molecule has 1 aromatic heterocycles. The summed E-state index contributed by atoms with van der Waals surface area (Å²) in [6.07, 6.45) is 2.23. The molecule has 2 aromatic rings. The molecule has 0 bridgehead atoms. The SMILES string of the molecule is FC1(F)CCN(Cc2ccccn2)CC12CCN(c1ccccc1)C2. The van der Waals surface area contributed by atoms with Gasteiger partial charge < -0.3 is 4.90 Å². The highest BCUT2D eigenvalue weighted by atomic mass is 19.3. The van der Waals surface area contributed by atoms with Crippen LogP contribution < -0.4 is 4.90 Å². The van der Waals surface area contributed by atoms with E-state index in [1.165, 1.54) is 0 Å². The molecule has 25 heavy (non-hydrogen) atoms. The van der Waals surface area contributed by atoms with Gasteiger partial charge in [0.15, 0.2) is 0 Å². The van der Waals surface area contributed by atoms with E-state index < -0.39 is 11.3 Å². The van der Waals surface area contributed by atoms with E-state index in [2.05, 4.69) is 14.8 Å². The van der Waals surface area contributed by atoms with Crippen LogP contribution in [0.2, 0.25) is 0 Å². The van der Waals surface area contributed by atoms with Gasteiger partial charge >= 0.3 is 0 Å². The van der Waals surface area contributed by atoms with Gasteiger partial charge in [0.25, 0.3) is 5.92 Å². The molecule has 1 atom stereocenters. The summed E-state index contributed by atoms with van der Waals surface area (Å²) in [5.41, 5.74) is 1.02. The van der Waals surface area contributed by atoms with Gasteiger partial charge in [-0.05, 0) is 30.7 Å². The van der Waals surface area contributed by atoms with Crippen molar-refractivity contribution in [3.8, 4) is 0 Å². The number of pyridine rings is 1. The van der Waals surface area contributed by atoms with Crippen LogP contribution in [0.4, 0.5) is 14.5 Å². The standard InChI is InChI=1S/C20H23F2N3/c21-20(22)10-12-24(14-17-6-4-5-11-23-17)15-19(20)9-13-25(16-19)18-7-2-1-3-8-18/h1-8,11H,9-10,12-16H2. The Morgan fingerprint density at radius 1 is 0.920 bits per heavy atom. The Hall–Kier alpha value is -2.01. The van der Waals surface area contributed by atoms with Crippen LogP contribution in [-0.4, -0.2) is 42.0 Å². The number of piperidine rings is 1. The Bertz CT molecular complexity index is 707. The van der Waals surface area contributed by atoms with Crippen molar-refractivity contribution in [2.45, 2.75) is 25.3 Å². The number of anilines is 1. The lowest BCUT2D eigenvalue weighted by Crippen LogP contribution is -2.56. The fourth-order valence-electron chi connectivity index (χ4n) is 4.20. The average Bonchev–Trinajstić information content (AvgIpc) is 3.06. The second-order valence-corrected chi connectivity index (χ2v) is 7.27. The summed E-state index contributed by atoms with van der Waals surface area (Å²) in [5.74, 6) is -2.61. The molecule has 0 amide bonds. The lowest BCUT2D eigenvalue weighted by Gasteiger charge is -2.46. The Morgan fingerprint density at radius 3 is 2.48 bits per heavy atom. The molecule has 2 saturated heterocycles. The molecule has 0 saturated carbocycles. The zero-order valence-electron chi connectivity index (χ0n) is 14.2. The maximum absolute atomic E-state index is 14.9. The van der Waals surface area contributed by atoms with Crippen molar-refractivity contribution in [1.29, 1.82) is 0 Å². The highest BCUT2D eigenvalue weighted by Gasteiger charge is 2.59. The molecule has 0 radical (unpaired) electrons. The molecule has 3 heterocycles. The summed E-state index contributed by atoms with van der Waals surface area (Å²) < 4.78 is 29.8. The molecular weight excluding hydrogens is 320 g/mol. The largest absolute Gasteiger partial charge is 0.371 e. The van der Waals surface area contributed by atoms with E-state index in [1.807, 2.05) is 48.5 Å². The minimum atomic E-state index is -2.61. The monoisotopic (exact) mass is 343 g/mol. The lowest BCUT2D eigenvalue weighted by molar-refractivity contribution is -0.159. The zero-order chi connectivity index (χ0) is 17.3. The fraction of sp³-hybridized carbons (Fsp3) is 0.450. The molecule has 1 unspecified atom stereocenters. The molecule has 1 spiro atoms. The topological polar surface area (TPSA) is 19.4 Å². The van der Waals surface area contributed by atoms with E-state index in [1.54, 1.807) is 6.20 Å². The van der Waals surface area contributed by atoms with Crippen molar-refractivity contribution in [2.24, 2.45) is 5.41 Å². The summed E-state index contributed by atoms with van der Waals surface area (Å²) in [6, 6.07) is 15.7. The van der Waals surface area contributed by atoms with Crippen molar-refractivity contribution in [1.82, 2.24) is 9.88 Å². The number of para-hydroxylation sites is 1. The van der Waals surface area contributed by atoms with E-state index in [0.29, 0.717) is 39.1 Å². The number of halogens is 2. The Kier molecular flexibility index (Phi) is 4.20. The number of likely N-dealkylation sites (tertiary alicyclic amines) is 1. The average molecular weight is 343 g/mol. The third-order valence-corrected chi connectivity index (χ3v) is 5.63. The summed E-state index contributed by atoms with van der Waals surface area (Å²) >= 11 is 0. The maximum Gasteiger partial charge on any atom is 0.257 e. The van der Waals surface area contributed by atoms with Crippen molar-refractivity contribution in [3.63, 3.8) is 0 Å². The first-order valence-electron chi connectivity index (χ1n) is 8.88. The number of alkyl halides is 2. The fourth-order valence-corrected chi connectivity index (χ4v) is 4.20. The predicted octanol–water partition coefficient (Wildman–Crippen LogP) is 3.82. The quantitative estimate of drug-likeness (QED) is 0.845. The first kappa shape index (κ1) is 16.5. The lowest BCUT2D eigenvalue weighted by atomic mass is 9.75. The van der Waals surface area contributed by atoms with Crippen LogP contribution >= 0.6 is 0 Å². The molecule has 2 fully saturated rings. The number of nitrogens with zero attached hydrogens (tertiary/aromatic N) is 3. The molecule has 1 aromatic carbocycles. The van der Waals surface area contributed by atoms with Crippen LogP contribution in [-0.2, 0) is 6.54 Å². The molecule has 5 heteroatoms. The second-order valence-electron chi connectivity index (χ2n) is 7.27. The second kappa shape index (κ2) is 6.37. The minimum Gasteiger partial charge on any atom is -0.371 e. The zero-order valence-corrected chi connectivity index (χ0v) is 14.2. The van der Waals surface area contributed by atoms with Crippen LogP contribution in [0.3, 0.4) is 0 Å². The van der Waals surface area contributed by atoms with E-state index in [0.717, 1.165) is 11.4 Å². The van der Waals surface area contributed by atoms with Crippen LogP contribution in [0.1, 0.15) is 18.5 Å². The molecule has 3 nitrogen and oxygen atoms in total. The molecule has 132 valence electrons. The highest BCUT2D eigenvalue weighted by molar-refractivity contribution is 5.47. The van der Waals surface area contributed by atoms with E-state index in [9.17, 15) is 8.78 Å². The van der Waals surface area contributed by atoms with Gasteiger partial charge in [0.2, 0.25) is 0 Å². The van der Waals surface area contributed by atoms with Crippen LogP contribution in [0.25, 0.3) is 0 Å². The minimum absolute atomic E-state index is 0.0670. The predicted molar refractivity (Wildman–Crippen MR) is 94.8 cm³/mol. The molecule has 4 rings (SSSR count). The number of benzene rings is 1. The molecule has 2 aliphatic heterocycles. The number of rotatable bonds is 3. The molecule has 2 aliphatic rings. The highest BCUT2D eigenvalue weighted by Crippen LogP contribution is 2.50. The first-order valence-corrected chi connectivity index (χ1v) is 8.88. The Morgan fingerprint density at radius 2 is 1.72 bits per heavy atom. The number of hydrogen-bond acceptors (Lipinski definition) is 3. The molecule has 0 aliphatic carbocycles. The summed E-state index contributed by atoms with van der Waals surface area (Å²) in [6.45, 7) is 2.61. The van der Waals surface area contributed by atoms with Crippen LogP contribution in [0, 0.1) is 5.41 Å². The number of aromatic nitrogens is 1. The van der Waals surface area contributed by atoms with Crippen molar-refractivity contribution in [2.75, 3.05) is 31.1 Å². The van der Waals surface area contributed by atoms with Crippen molar-refractivity contribution >= 4 is 5.69 Å². The maximum atomic E-state index is 14.9. The normalized spacial score (nSPS) is 26.2. The van der Waals surface area contributed by atoms with Crippen molar-refractivity contribution < 1.29 is 8.78 Å². The summed E-state index contributed by atoms with van der Waals surface area (Å²) in [5, 5.41) is 0. The van der Waals surface area contributed by atoms with Crippen LogP contribution in [0.15, 0.2) is 54.7 Å². The van der Waals surface area contributed by atoms with Gasteiger partial charge in [-0.1, -0.05) is 24.3 Å². The first-order chi connectivity index (χ1) is 12.1. The van der Waals surface area contributed by atoms with Gasteiger partial charge in [0, 0.05) is 51.0 Å². The van der Waals surface area contributed by atoms with Gasteiger partial charge in [-0.3, -0.25) is 9.88 Å². The van der Waals surface area contributed by atoms with Gasteiger partial charge in [-0.15, -0.1) is 0 Å². The van der Waals surface area contributed by atoms with Gasteiger partial charge in [0.1, 0.15) is 0 Å². The Labute approximate surface area is 147 Å². The third kappa shape index (κ3) is 3.13. The van der Waals surface area contributed by atoms with Gasteiger partial charge in [-0.2, -0.15) is 0 Å². The summed E-state index contributed by atoms with van der Waals surface area (Å²) in [7, 11) is 0. The summed E-state index contributed by atoms with van der Waals surface area (Å²) in [4.78, 5) is 8.60. The van der Waals surface area contributed by atoms with E-state index in [4.69, 9.17) is 0 Å². The smallest absolute Gasteiger partial charge is 0.257 e. The number of hydrogen-bond donors (Lipinski definition) is 0. The van der Waals surface area contributed by atoms with Gasteiger partial charge in [0.05, 0.1) is 11.1 Å². The van der Waals surface area contributed by atoms with Crippen molar-refractivity contribution in [3.05, 3.63) is 60.4 Å². The third-order valence-electron chi connectivity index (χ3n) is 5.63. The van der Waals surface area contributed by atoms with E-state index >= 15 is 0 Å². The van der Waals surface area contributed by atoms with Crippen LogP contribution in [0.5, 0.6) is 0 Å². The Balaban J connectivity index is 1.52. The van der Waals surface area contributed by atoms with Gasteiger partial charge in [-0.25, -0.2) is 8.78 Å². The molecular formula is C20H23F2N3. The van der Waals surface area contributed by atoms with E-state index in [-0.39, 0.29) is 6.42 Å². The molecule has 0 N–H and O–H groups in total.